The molecule has 378 valence electrons. The molecule has 1 aliphatic carbocycles. The number of hydrogen-bond donors (Lipinski definition) is 7. The number of likely N-dealkylation sites (N-methyl/N-ethyl adjacent to an activating group) is 1. The van der Waals surface area contributed by atoms with E-state index in [2.05, 4.69) is 10.6 Å². The van der Waals surface area contributed by atoms with Crippen molar-refractivity contribution in [2.45, 2.75) is 198 Å². The van der Waals surface area contributed by atoms with Gasteiger partial charge in [0.05, 0.1) is 42.0 Å². The van der Waals surface area contributed by atoms with Crippen LogP contribution >= 0.6 is 0 Å². The number of carbonyl (C=O) groups excluding carboxylic acids is 2. The minimum atomic E-state index is -1.86. The standard InChI is InChI=1S/C49H84N4O13/c1-14-37-48(10,59)41(55)32(6)51-25-28(2)23-46(8,58)42(66-44-39(54)36(22-29(3)62-44)53(12)45(57)52(11)35-18-16-15-17-19-35)30(4)40(31(5)43(56)64-37)65-38-24-47(9,61-13)49(60,33(7)63-38)27-50-26-34-20-21-34/h15-19,28-34,36-42,44,50-51,54-55,58-60H,14,20-27H2,1-13H3/t28-,29-,30+,31-,32-,33+,36+,37-,38+,39-,40+,41-,42-,44+,46-,47-,48-,49+/m1/s1. The van der Waals surface area contributed by atoms with Crippen molar-refractivity contribution < 1.29 is 63.5 Å². The fraction of sp³-hybridized carbons (Fsp3) is 0.837. The van der Waals surface area contributed by atoms with Crippen molar-refractivity contribution in [2.24, 2.45) is 23.7 Å². The minimum Gasteiger partial charge on any atom is -0.459 e. The van der Waals surface area contributed by atoms with Crippen LogP contribution in [0, 0.1) is 23.7 Å². The molecule has 4 aliphatic rings. The normalized spacial score (nSPS) is 43.3. The van der Waals surface area contributed by atoms with Crippen LogP contribution < -0.4 is 15.5 Å². The van der Waals surface area contributed by atoms with E-state index in [0.717, 1.165) is 19.4 Å². The van der Waals surface area contributed by atoms with E-state index in [-0.39, 0.29) is 37.8 Å². The van der Waals surface area contributed by atoms with Crippen LogP contribution in [0.5, 0.6) is 0 Å². The molecule has 0 aromatic heterocycles. The maximum Gasteiger partial charge on any atom is 0.324 e. The number of carbonyl (C=O) groups is 2. The van der Waals surface area contributed by atoms with Gasteiger partial charge in [0.15, 0.2) is 12.6 Å². The molecule has 3 aliphatic heterocycles. The molecule has 17 nitrogen and oxygen atoms in total. The molecule has 4 fully saturated rings. The number of esters is 1. The van der Waals surface area contributed by atoms with Gasteiger partial charge in [-0.3, -0.25) is 9.69 Å². The number of anilines is 1. The number of hydrogen-bond acceptors (Lipinski definition) is 15. The summed E-state index contributed by atoms with van der Waals surface area (Å²) >= 11 is 0. The Hall–Kier alpha value is -2.52. The first-order valence-corrected chi connectivity index (χ1v) is 24.2. The Bertz CT molecular complexity index is 1720. The van der Waals surface area contributed by atoms with Crippen LogP contribution in [0.4, 0.5) is 10.5 Å². The Labute approximate surface area is 393 Å². The highest BCUT2D eigenvalue weighted by Gasteiger charge is 2.58. The van der Waals surface area contributed by atoms with E-state index in [1.54, 1.807) is 55.6 Å². The van der Waals surface area contributed by atoms with Crippen LogP contribution in [0.25, 0.3) is 0 Å². The molecule has 0 radical (unpaired) electrons. The highest BCUT2D eigenvalue weighted by atomic mass is 16.7. The number of cyclic esters (lactones) is 1. The molecule has 1 aromatic carbocycles. The molecule has 0 bridgehead atoms. The van der Waals surface area contributed by atoms with Gasteiger partial charge >= 0.3 is 12.0 Å². The van der Waals surface area contributed by atoms with E-state index in [1.165, 1.54) is 23.8 Å². The predicted octanol–water partition coefficient (Wildman–Crippen LogP) is 3.55. The second kappa shape index (κ2) is 22.1. The topological polar surface area (TPSA) is 221 Å². The fourth-order valence-electron chi connectivity index (χ4n) is 10.6. The lowest BCUT2D eigenvalue weighted by Crippen LogP contribution is -2.70. The summed E-state index contributed by atoms with van der Waals surface area (Å²) in [6.07, 6.45) is -6.86. The third-order valence-electron chi connectivity index (χ3n) is 15.3. The van der Waals surface area contributed by atoms with Gasteiger partial charge in [-0.1, -0.05) is 39.0 Å². The zero-order chi connectivity index (χ0) is 49.1. The summed E-state index contributed by atoms with van der Waals surface area (Å²) in [5.74, 6) is -2.37. The van der Waals surface area contributed by atoms with Gasteiger partial charge < -0.3 is 69.5 Å². The zero-order valence-corrected chi connectivity index (χ0v) is 41.8. The van der Waals surface area contributed by atoms with Crippen molar-refractivity contribution in [2.75, 3.05) is 45.7 Å². The predicted molar refractivity (Wildman–Crippen MR) is 248 cm³/mol. The lowest BCUT2D eigenvalue weighted by molar-refractivity contribution is -0.336. The van der Waals surface area contributed by atoms with Crippen molar-refractivity contribution in [3.8, 4) is 0 Å². The van der Waals surface area contributed by atoms with E-state index in [0.29, 0.717) is 24.6 Å². The summed E-state index contributed by atoms with van der Waals surface area (Å²) in [4.78, 5) is 31.4. The fourth-order valence-corrected chi connectivity index (χ4v) is 10.6. The van der Waals surface area contributed by atoms with E-state index in [1.807, 2.05) is 51.1 Å². The molecule has 1 saturated carbocycles. The van der Waals surface area contributed by atoms with Crippen LogP contribution in [0.1, 0.15) is 108 Å². The largest absolute Gasteiger partial charge is 0.459 e. The van der Waals surface area contributed by atoms with Crippen LogP contribution in [-0.2, 0) is 33.2 Å². The highest BCUT2D eigenvalue weighted by Crippen LogP contribution is 2.43. The lowest BCUT2D eigenvalue weighted by atomic mass is 9.75. The number of nitrogens with zero attached hydrogens (tertiary/aromatic N) is 2. The van der Waals surface area contributed by atoms with E-state index >= 15 is 0 Å². The number of ether oxygens (including phenoxy) is 6. The van der Waals surface area contributed by atoms with Gasteiger partial charge in [0, 0.05) is 51.8 Å². The summed E-state index contributed by atoms with van der Waals surface area (Å²) in [6.45, 7) is 18.6. The number of rotatable bonds is 12. The molecular weight excluding hydrogens is 853 g/mol. The van der Waals surface area contributed by atoms with Crippen molar-refractivity contribution in [3.05, 3.63) is 30.3 Å². The Kier molecular flexibility index (Phi) is 18.2. The van der Waals surface area contributed by atoms with E-state index in [9.17, 15) is 35.1 Å². The van der Waals surface area contributed by atoms with Crippen molar-refractivity contribution >= 4 is 17.7 Å². The lowest BCUT2D eigenvalue weighted by Gasteiger charge is -2.53. The van der Waals surface area contributed by atoms with Crippen molar-refractivity contribution in [1.29, 1.82) is 0 Å². The van der Waals surface area contributed by atoms with Gasteiger partial charge in [-0.15, -0.1) is 0 Å². The molecule has 3 saturated heterocycles. The van der Waals surface area contributed by atoms with E-state index < -0.39 is 108 Å². The number of benzene rings is 1. The van der Waals surface area contributed by atoms with E-state index in [4.69, 9.17) is 28.4 Å². The molecule has 2 amide bonds. The summed E-state index contributed by atoms with van der Waals surface area (Å²) in [5, 5.41) is 67.1. The third kappa shape index (κ3) is 12.1. The molecular formula is C49H84N4O13. The Balaban J connectivity index is 1.53. The Morgan fingerprint density at radius 1 is 0.955 bits per heavy atom. The van der Waals surface area contributed by atoms with Crippen molar-refractivity contribution in [3.63, 3.8) is 0 Å². The Morgan fingerprint density at radius 3 is 2.21 bits per heavy atom. The van der Waals surface area contributed by atoms with Crippen LogP contribution in [-0.4, -0.2) is 173 Å². The number of urea groups is 1. The van der Waals surface area contributed by atoms with Crippen LogP contribution in [0.15, 0.2) is 30.3 Å². The molecule has 0 unspecified atom stereocenters. The van der Waals surface area contributed by atoms with Crippen LogP contribution in [0.3, 0.4) is 0 Å². The molecule has 66 heavy (non-hydrogen) atoms. The zero-order valence-electron chi connectivity index (χ0n) is 41.8. The first-order valence-electron chi connectivity index (χ1n) is 24.2. The van der Waals surface area contributed by atoms with Gasteiger partial charge in [-0.25, -0.2) is 4.79 Å². The van der Waals surface area contributed by atoms with Gasteiger partial charge in [-0.2, -0.15) is 0 Å². The molecule has 3 heterocycles. The summed E-state index contributed by atoms with van der Waals surface area (Å²) in [6, 6.07) is 7.43. The number of aliphatic hydroxyl groups is 5. The SMILES string of the molecule is CC[C@H]1OC(=O)[C@H](C)[C@@H](O[C@H]2C[C@@](C)(OC)[C@](O)(CNCC3CC3)[C@H](C)O2)[C@H](C)[C@@H](O[C@@H]2O[C@H](C)C[C@H](N(C)C(=O)N(C)c3ccccc3)[C@H]2O)[C@](C)(O)C[C@@H](C)CN[C@H](C)[C@@H](O)[C@]1(C)O. The molecule has 17 heteroatoms. The number of methoxy groups -OCH3 is 1. The average molecular weight is 937 g/mol. The van der Waals surface area contributed by atoms with Crippen LogP contribution in [0.2, 0.25) is 0 Å². The maximum absolute atomic E-state index is 14.5. The van der Waals surface area contributed by atoms with Gasteiger partial charge in [-0.05, 0) is 118 Å². The second-order valence-corrected chi connectivity index (χ2v) is 20.9. The maximum atomic E-state index is 14.5. The summed E-state index contributed by atoms with van der Waals surface area (Å²) in [5.41, 5.74) is -5.50. The number of nitrogens with one attached hydrogen (secondary N) is 2. The first kappa shape index (κ1) is 54.4. The number of amides is 2. The number of para-hydroxylation sites is 1. The molecule has 5 rings (SSSR count). The monoisotopic (exact) mass is 937 g/mol. The molecule has 1 aromatic rings. The van der Waals surface area contributed by atoms with Gasteiger partial charge in [0.2, 0.25) is 0 Å². The van der Waals surface area contributed by atoms with Crippen molar-refractivity contribution in [1.82, 2.24) is 15.5 Å². The first-order chi connectivity index (χ1) is 30.8. The molecule has 0 spiro atoms. The summed E-state index contributed by atoms with van der Waals surface area (Å²) in [7, 11) is 4.83. The van der Waals surface area contributed by atoms with Gasteiger partial charge in [0.1, 0.15) is 35.1 Å². The quantitative estimate of drug-likeness (QED) is 0.149. The molecule has 7 N–H and O–H groups in total. The molecule has 18 atom stereocenters. The van der Waals surface area contributed by atoms with Gasteiger partial charge in [0.25, 0.3) is 0 Å². The smallest absolute Gasteiger partial charge is 0.324 e. The minimum absolute atomic E-state index is 0.0584. The second-order valence-electron chi connectivity index (χ2n) is 20.9. The average Bonchev–Trinajstić information content (AvgIpc) is 4.11. The third-order valence-corrected chi connectivity index (χ3v) is 15.3. The summed E-state index contributed by atoms with van der Waals surface area (Å²) < 4.78 is 38.8. The number of aliphatic hydroxyl groups excluding tert-OH is 2. The Morgan fingerprint density at radius 2 is 1.61 bits per heavy atom. The highest BCUT2D eigenvalue weighted by molar-refractivity contribution is 5.91.